The fraction of sp³-hybridized carbons (Fsp3) is 0.278. The highest BCUT2D eigenvalue weighted by molar-refractivity contribution is 7.99. The maximum atomic E-state index is 13.5. The molecule has 0 unspecified atom stereocenters. The number of Topliss-reactive ketones (excluding diaryl/α,β-unsaturated/α-hetero) is 1. The van der Waals surface area contributed by atoms with Gasteiger partial charge in [0, 0.05) is 12.2 Å². The van der Waals surface area contributed by atoms with Gasteiger partial charge in [0.15, 0.2) is 0 Å². The molecule has 0 spiro atoms. The minimum Gasteiger partial charge on any atom is -0.298 e. The molecule has 110 valence electrons. The summed E-state index contributed by atoms with van der Waals surface area (Å²) in [6, 6.07) is 12.9. The van der Waals surface area contributed by atoms with Crippen LogP contribution in [0.4, 0.5) is 4.39 Å². The molecule has 0 bridgehead atoms. The van der Waals surface area contributed by atoms with Crippen molar-refractivity contribution in [3.8, 4) is 0 Å². The summed E-state index contributed by atoms with van der Waals surface area (Å²) in [5.74, 6) is 0.993. The van der Waals surface area contributed by atoms with E-state index >= 15 is 0 Å². The minimum atomic E-state index is -0.301. The van der Waals surface area contributed by atoms with Gasteiger partial charge >= 0.3 is 0 Å². The van der Waals surface area contributed by atoms with E-state index in [9.17, 15) is 9.18 Å². The van der Waals surface area contributed by atoms with Crippen LogP contribution in [0.2, 0.25) is 0 Å². The van der Waals surface area contributed by atoms with E-state index < -0.39 is 0 Å². The quantitative estimate of drug-likeness (QED) is 0.782. The van der Waals surface area contributed by atoms with Gasteiger partial charge in [-0.05, 0) is 31.0 Å². The normalized spacial score (nSPS) is 10.6. The predicted octanol–water partition coefficient (Wildman–Crippen LogP) is 4.49. The van der Waals surface area contributed by atoms with Crippen molar-refractivity contribution in [1.29, 1.82) is 0 Å². The summed E-state index contributed by atoms with van der Waals surface area (Å²) in [6.07, 6.45) is 0.173. The van der Waals surface area contributed by atoms with Crippen LogP contribution in [0.1, 0.15) is 22.3 Å². The summed E-state index contributed by atoms with van der Waals surface area (Å²) in [7, 11) is 0. The average molecular weight is 302 g/mol. The van der Waals surface area contributed by atoms with Gasteiger partial charge in [0.25, 0.3) is 0 Å². The van der Waals surface area contributed by atoms with E-state index in [4.69, 9.17) is 0 Å². The molecule has 0 aliphatic carbocycles. The lowest BCUT2D eigenvalue weighted by Crippen LogP contribution is -2.07. The third-order valence-electron chi connectivity index (χ3n) is 3.16. The maximum absolute atomic E-state index is 13.5. The number of hydrogen-bond acceptors (Lipinski definition) is 2. The first-order chi connectivity index (χ1) is 10.0. The van der Waals surface area contributed by atoms with E-state index in [1.807, 2.05) is 0 Å². The lowest BCUT2D eigenvalue weighted by molar-refractivity contribution is -0.116. The van der Waals surface area contributed by atoms with E-state index in [-0.39, 0.29) is 18.0 Å². The second-order valence-electron chi connectivity index (χ2n) is 5.30. The molecule has 2 aromatic carbocycles. The molecule has 0 saturated carbocycles. The maximum Gasteiger partial charge on any atom is 0.147 e. The van der Waals surface area contributed by atoms with Gasteiger partial charge in [0.05, 0.1) is 5.75 Å². The Morgan fingerprint density at radius 1 is 1.10 bits per heavy atom. The Kier molecular flexibility index (Phi) is 5.57. The molecule has 1 nitrogen and oxygen atoms in total. The number of aryl methyl sites for hydroxylation is 2. The summed E-state index contributed by atoms with van der Waals surface area (Å²) >= 11 is 1.58. The second kappa shape index (κ2) is 7.41. The number of rotatable bonds is 6. The Morgan fingerprint density at radius 3 is 2.43 bits per heavy atom. The van der Waals surface area contributed by atoms with Gasteiger partial charge in [0.2, 0.25) is 0 Å². The van der Waals surface area contributed by atoms with Gasteiger partial charge in [-0.2, -0.15) is 0 Å². The summed E-state index contributed by atoms with van der Waals surface area (Å²) in [4.78, 5) is 11.9. The van der Waals surface area contributed by atoms with Crippen LogP contribution in [0.5, 0.6) is 0 Å². The Bertz CT molecular complexity index is 617. The third-order valence-corrected chi connectivity index (χ3v) is 4.22. The van der Waals surface area contributed by atoms with E-state index in [1.54, 1.807) is 30.0 Å². The monoisotopic (exact) mass is 302 g/mol. The Labute approximate surface area is 129 Å². The van der Waals surface area contributed by atoms with Gasteiger partial charge in [-0.25, -0.2) is 4.39 Å². The SMILES string of the molecule is Cc1cc(C)cc(CSCC(=O)Cc2ccccc2F)c1. The molecule has 0 heterocycles. The van der Waals surface area contributed by atoms with Crippen LogP contribution in [0.15, 0.2) is 42.5 Å². The van der Waals surface area contributed by atoms with Gasteiger partial charge in [-0.3, -0.25) is 4.79 Å². The first-order valence-electron chi connectivity index (χ1n) is 6.94. The zero-order chi connectivity index (χ0) is 15.2. The molecule has 0 aromatic heterocycles. The second-order valence-corrected chi connectivity index (χ2v) is 6.28. The van der Waals surface area contributed by atoms with Crippen molar-refractivity contribution < 1.29 is 9.18 Å². The van der Waals surface area contributed by atoms with E-state index in [0.29, 0.717) is 11.3 Å². The molecule has 3 heteroatoms. The predicted molar refractivity (Wildman–Crippen MR) is 87.2 cm³/mol. The molecule has 2 aromatic rings. The molecule has 0 radical (unpaired) electrons. The zero-order valence-corrected chi connectivity index (χ0v) is 13.2. The molecule has 0 aliphatic rings. The third kappa shape index (κ3) is 5.01. The average Bonchev–Trinajstić information content (AvgIpc) is 2.40. The highest BCUT2D eigenvalue weighted by Gasteiger charge is 2.08. The number of carbonyl (C=O) groups excluding carboxylic acids is 1. The van der Waals surface area contributed by atoms with Gasteiger partial charge < -0.3 is 0 Å². The van der Waals surface area contributed by atoms with E-state index in [1.165, 1.54) is 22.8 Å². The molecule has 0 amide bonds. The first-order valence-corrected chi connectivity index (χ1v) is 8.10. The fourth-order valence-electron chi connectivity index (χ4n) is 2.34. The Balaban J connectivity index is 1.83. The minimum absolute atomic E-state index is 0.0643. The number of ketones is 1. The fourth-order valence-corrected chi connectivity index (χ4v) is 3.17. The van der Waals surface area contributed by atoms with Crippen molar-refractivity contribution in [2.75, 3.05) is 5.75 Å². The molecule has 0 atom stereocenters. The number of carbonyl (C=O) groups is 1. The Hall–Kier alpha value is -1.61. The van der Waals surface area contributed by atoms with Crippen molar-refractivity contribution in [2.45, 2.75) is 26.0 Å². The van der Waals surface area contributed by atoms with E-state index in [0.717, 1.165) is 5.75 Å². The molecule has 21 heavy (non-hydrogen) atoms. The van der Waals surface area contributed by atoms with Crippen LogP contribution in [0, 0.1) is 19.7 Å². The molecular formula is C18H19FOS. The molecule has 0 saturated heterocycles. The van der Waals surface area contributed by atoms with Crippen LogP contribution in [0.25, 0.3) is 0 Å². The van der Waals surface area contributed by atoms with Crippen LogP contribution >= 0.6 is 11.8 Å². The number of benzene rings is 2. The number of halogens is 1. The van der Waals surface area contributed by atoms with Gasteiger partial charge in [-0.1, -0.05) is 47.5 Å². The molecule has 0 fully saturated rings. The summed E-state index contributed by atoms with van der Waals surface area (Å²) in [6.45, 7) is 4.15. The van der Waals surface area contributed by atoms with Crippen LogP contribution in [-0.2, 0) is 17.0 Å². The van der Waals surface area contributed by atoms with Crippen molar-refractivity contribution in [2.24, 2.45) is 0 Å². The summed E-state index contributed by atoms with van der Waals surface area (Å²) in [5, 5.41) is 0. The number of hydrogen-bond donors (Lipinski definition) is 0. The highest BCUT2D eigenvalue weighted by atomic mass is 32.2. The lowest BCUT2D eigenvalue weighted by atomic mass is 10.1. The zero-order valence-electron chi connectivity index (χ0n) is 12.4. The summed E-state index contributed by atoms with van der Waals surface area (Å²) in [5.41, 5.74) is 4.19. The van der Waals surface area contributed by atoms with Crippen molar-refractivity contribution in [3.05, 3.63) is 70.5 Å². The lowest BCUT2D eigenvalue weighted by Gasteiger charge is -2.05. The molecular weight excluding hydrogens is 283 g/mol. The molecule has 2 rings (SSSR count). The Morgan fingerprint density at radius 2 is 1.76 bits per heavy atom. The van der Waals surface area contributed by atoms with Gasteiger partial charge in [-0.15, -0.1) is 11.8 Å². The first kappa shape index (κ1) is 15.8. The largest absolute Gasteiger partial charge is 0.298 e. The van der Waals surface area contributed by atoms with Crippen molar-refractivity contribution in [3.63, 3.8) is 0 Å². The number of thioether (sulfide) groups is 1. The van der Waals surface area contributed by atoms with Gasteiger partial charge in [0.1, 0.15) is 11.6 Å². The molecule has 0 N–H and O–H groups in total. The molecule has 0 aliphatic heterocycles. The van der Waals surface area contributed by atoms with Crippen LogP contribution in [-0.4, -0.2) is 11.5 Å². The standard InChI is InChI=1S/C18H19FOS/c1-13-7-14(2)9-15(8-13)11-21-12-17(20)10-16-5-3-4-6-18(16)19/h3-9H,10-12H2,1-2H3. The van der Waals surface area contributed by atoms with Crippen LogP contribution < -0.4 is 0 Å². The van der Waals surface area contributed by atoms with Crippen molar-refractivity contribution in [1.82, 2.24) is 0 Å². The topological polar surface area (TPSA) is 17.1 Å². The summed E-state index contributed by atoms with van der Waals surface area (Å²) < 4.78 is 13.5. The van der Waals surface area contributed by atoms with Crippen molar-refractivity contribution >= 4 is 17.5 Å². The highest BCUT2D eigenvalue weighted by Crippen LogP contribution is 2.17. The smallest absolute Gasteiger partial charge is 0.147 e. The van der Waals surface area contributed by atoms with E-state index in [2.05, 4.69) is 32.0 Å². The van der Waals surface area contributed by atoms with Crippen LogP contribution in [0.3, 0.4) is 0 Å².